The summed E-state index contributed by atoms with van der Waals surface area (Å²) in [6.07, 6.45) is 2.92. The lowest BCUT2D eigenvalue weighted by atomic mass is 10.5. The largest absolute Gasteiger partial charge is 0.481 e. The molecule has 0 atom stereocenters. The van der Waals surface area contributed by atoms with Crippen LogP contribution in [0.4, 0.5) is 4.79 Å². The first-order chi connectivity index (χ1) is 6.99. The van der Waals surface area contributed by atoms with Crippen LogP contribution in [0.5, 0.6) is 0 Å². The number of carboxylic acid groups (broad SMARTS) is 1. The third-order valence-corrected chi connectivity index (χ3v) is 1.13. The van der Waals surface area contributed by atoms with Gasteiger partial charge in [-0.25, -0.2) is 4.79 Å². The van der Waals surface area contributed by atoms with Crippen molar-refractivity contribution in [3.63, 3.8) is 0 Å². The third kappa shape index (κ3) is 12.2. The van der Waals surface area contributed by atoms with E-state index in [1.165, 1.54) is 12.0 Å². The number of rotatable bonds is 4. The van der Waals surface area contributed by atoms with E-state index in [2.05, 4.69) is 17.9 Å². The molecule has 0 saturated heterocycles. The van der Waals surface area contributed by atoms with Crippen molar-refractivity contribution in [1.82, 2.24) is 4.90 Å². The minimum atomic E-state index is -0.833. The monoisotopic (exact) mass is 215 g/mol. The van der Waals surface area contributed by atoms with Crippen molar-refractivity contribution < 1.29 is 19.4 Å². The summed E-state index contributed by atoms with van der Waals surface area (Å²) in [5.74, 6) is -0.833. The maximum absolute atomic E-state index is 10.9. The molecule has 5 nitrogen and oxygen atoms in total. The minimum Gasteiger partial charge on any atom is -0.481 e. The number of nitrogens with zero attached hydrogens (tertiary/aromatic N) is 1. The van der Waals surface area contributed by atoms with Gasteiger partial charge in [-0.05, 0) is 0 Å². The van der Waals surface area contributed by atoms with E-state index in [0.717, 1.165) is 6.92 Å². The van der Waals surface area contributed by atoms with Crippen molar-refractivity contribution in [3.05, 3.63) is 25.3 Å². The Hall–Kier alpha value is -1.78. The van der Waals surface area contributed by atoms with Gasteiger partial charge >= 0.3 is 6.09 Å². The van der Waals surface area contributed by atoms with Gasteiger partial charge < -0.3 is 14.7 Å². The topological polar surface area (TPSA) is 66.8 Å². The zero-order chi connectivity index (χ0) is 12.3. The molecular formula is C10H17NO4. The van der Waals surface area contributed by atoms with Gasteiger partial charge in [0.2, 0.25) is 0 Å². The maximum Gasteiger partial charge on any atom is 0.410 e. The molecule has 0 bridgehead atoms. The molecule has 0 aliphatic heterocycles. The molecule has 0 heterocycles. The zero-order valence-corrected chi connectivity index (χ0v) is 9.10. The average Bonchev–Trinajstić information content (AvgIpc) is 2.15. The summed E-state index contributed by atoms with van der Waals surface area (Å²) in [7, 11) is 1.35. The van der Waals surface area contributed by atoms with Crippen molar-refractivity contribution in [2.45, 2.75) is 6.92 Å². The highest BCUT2D eigenvalue weighted by Crippen LogP contribution is 1.92. The van der Waals surface area contributed by atoms with Crippen LogP contribution < -0.4 is 0 Å². The average molecular weight is 215 g/mol. The van der Waals surface area contributed by atoms with Crippen molar-refractivity contribution in [2.75, 3.05) is 20.2 Å². The first-order valence-corrected chi connectivity index (χ1v) is 4.23. The van der Waals surface area contributed by atoms with E-state index < -0.39 is 5.97 Å². The number of carboxylic acids is 1. The number of ether oxygens (including phenoxy) is 1. The second-order valence-electron chi connectivity index (χ2n) is 2.47. The Morgan fingerprint density at radius 2 is 1.67 bits per heavy atom. The first-order valence-electron chi connectivity index (χ1n) is 4.23. The molecule has 0 aromatic carbocycles. The minimum absolute atomic E-state index is 0.357. The number of aliphatic carboxylic acids is 1. The van der Waals surface area contributed by atoms with Crippen molar-refractivity contribution >= 4 is 12.1 Å². The summed E-state index contributed by atoms with van der Waals surface area (Å²) in [4.78, 5) is 21.4. The van der Waals surface area contributed by atoms with E-state index in [0.29, 0.717) is 13.1 Å². The molecule has 0 aromatic rings. The summed E-state index contributed by atoms with van der Waals surface area (Å²) in [5, 5.41) is 7.42. The summed E-state index contributed by atoms with van der Waals surface area (Å²) in [6.45, 7) is 9.08. The molecule has 0 radical (unpaired) electrons. The van der Waals surface area contributed by atoms with E-state index >= 15 is 0 Å². The summed E-state index contributed by atoms with van der Waals surface area (Å²) in [6, 6.07) is 0. The van der Waals surface area contributed by atoms with Crippen LogP contribution in [0.25, 0.3) is 0 Å². The van der Waals surface area contributed by atoms with Crippen LogP contribution in [0.3, 0.4) is 0 Å². The van der Waals surface area contributed by atoms with Gasteiger partial charge in [0.25, 0.3) is 5.97 Å². The maximum atomic E-state index is 10.9. The van der Waals surface area contributed by atoms with E-state index in [-0.39, 0.29) is 6.09 Å². The molecule has 1 amide bonds. The Labute approximate surface area is 89.6 Å². The number of methoxy groups -OCH3 is 1. The van der Waals surface area contributed by atoms with E-state index in [4.69, 9.17) is 9.90 Å². The lowest BCUT2D eigenvalue weighted by Crippen LogP contribution is -2.30. The van der Waals surface area contributed by atoms with Crippen LogP contribution in [0.1, 0.15) is 6.92 Å². The van der Waals surface area contributed by atoms with E-state index in [1.807, 2.05) is 0 Å². The molecule has 5 heteroatoms. The van der Waals surface area contributed by atoms with Gasteiger partial charge in [0.05, 0.1) is 7.11 Å². The van der Waals surface area contributed by atoms with Crippen molar-refractivity contribution in [1.29, 1.82) is 0 Å². The third-order valence-electron chi connectivity index (χ3n) is 1.13. The Morgan fingerprint density at radius 1 is 1.33 bits per heavy atom. The van der Waals surface area contributed by atoms with Gasteiger partial charge in [-0.15, -0.1) is 13.2 Å². The van der Waals surface area contributed by atoms with Gasteiger partial charge in [0.1, 0.15) is 0 Å². The zero-order valence-electron chi connectivity index (χ0n) is 9.10. The molecule has 0 aliphatic carbocycles. The summed E-state index contributed by atoms with van der Waals surface area (Å²) >= 11 is 0. The molecule has 0 aliphatic rings. The molecule has 0 saturated carbocycles. The second-order valence-corrected chi connectivity index (χ2v) is 2.47. The predicted molar refractivity (Wildman–Crippen MR) is 57.7 cm³/mol. The van der Waals surface area contributed by atoms with Crippen LogP contribution in [-0.2, 0) is 9.53 Å². The number of hydrogen-bond donors (Lipinski definition) is 1. The first kappa shape index (κ1) is 15.7. The standard InChI is InChI=1S/C8H13NO2.C2H4O2/c1-4-6-9(7-5-2)8(10)11-3;1-2(3)4/h4-5H,1-2,6-7H2,3H3;1H3,(H,3,4). The Kier molecular flexibility index (Phi) is 10.8. The fourth-order valence-corrected chi connectivity index (χ4v) is 0.664. The highest BCUT2D eigenvalue weighted by molar-refractivity contribution is 5.67. The van der Waals surface area contributed by atoms with Crippen LogP contribution in [0, 0.1) is 0 Å². The molecule has 15 heavy (non-hydrogen) atoms. The normalized spacial score (nSPS) is 7.87. The number of amides is 1. The SMILES string of the molecule is C=CCN(CC=C)C(=O)OC.CC(=O)O. The highest BCUT2D eigenvalue weighted by Gasteiger charge is 2.08. The predicted octanol–water partition coefficient (Wildman–Crippen LogP) is 1.52. The molecule has 86 valence electrons. The van der Waals surface area contributed by atoms with Crippen LogP contribution >= 0.6 is 0 Å². The van der Waals surface area contributed by atoms with Gasteiger partial charge in [0, 0.05) is 20.0 Å². The quantitative estimate of drug-likeness (QED) is 0.722. The summed E-state index contributed by atoms with van der Waals surface area (Å²) in [5.41, 5.74) is 0. The Balaban J connectivity index is 0. The van der Waals surface area contributed by atoms with Crippen LogP contribution in [0.2, 0.25) is 0 Å². The Bertz CT molecular complexity index is 211. The van der Waals surface area contributed by atoms with Crippen LogP contribution in [0.15, 0.2) is 25.3 Å². The number of carbonyl (C=O) groups excluding carboxylic acids is 1. The van der Waals surface area contributed by atoms with E-state index in [9.17, 15) is 4.79 Å². The molecule has 0 fully saturated rings. The van der Waals surface area contributed by atoms with Crippen LogP contribution in [-0.4, -0.2) is 42.3 Å². The van der Waals surface area contributed by atoms with Crippen molar-refractivity contribution in [2.24, 2.45) is 0 Å². The lowest BCUT2D eigenvalue weighted by Gasteiger charge is -2.16. The number of hydrogen-bond acceptors (Lipinski definition) is 3. The fourth-order valence-electron chi connectivity index (χ4n) is 0.664. The molecule has 0 rings (SSSR count). The molecule has 0 spiro atoms. The van der Waals surface area contributed by atoms with Gasteiger partial charge in [-0.3, -0.25) is 4.79 Å². The molecule has 1 N–H and O–H groups in total. The number of carbonyl (C=O) groups is 2. The fraction of sp³-hybridized carbons (Fsp3) is 0.400. The Morgan fingerprint density at radius 3 is 1.87 bits per heavy atom. The van der Waals surface area contributed by atoms with Gasteiger partial charge in [-0.2, -0.15) is 0 Å². The highest BCUT2D eigenvalue weighted by atomic mass is 16.5. The van der Waals surface area contributed by atoms with E-state index in [1.54, 1.807) is 12.2 Å². The van der Waals surface area contributed by atoms with Gasteiger partial charge in [-0.1, -0.05) is 12.2 Å². The molecular weight excluding hydrogens is 198 g/mol. The lowest BCUT2D eigenvalue weighted by molar-refractivity contribution is -0.134. The second kappa shape index (κ2) is 10.3. The summed E-state index contributed by atoms with van der Waals surface area (Å²) < 4.78 is 4.51. The van der Waals surface area contributed by atoms with Gasteiger partial charge in [0.15, 0.2) is 0 Å². The molecule has 0 unspecified atom stereocenters. The van der Waals surface area contributed by atoms with Crippen molar-refractivity contribution in [3.8, 4) is 0 Å². The smallest absolute Gasteiger partial charge is 0.410 e. The molecule has 0 aromatic heterocycles.